The van der Waals surface area contributed by atoms with Crippen molar-refractivity contribution in [2.75, 3.05) is 33.3 Å². The molecule has 1 saturated heterocycles. The van der Waals surface area contributed by atoms with Crippen LogP contribution in [0, 0.1) is 0 Å². The van der Waals surface area contributed by atoms with Crippen LogP contribution in [0.3, 0.4) is 0 Å². The Morgan fingerprint density at radius 3 is 2.38 bits per heavy atom. The van der Waals surface area contributed by atoms with Gasteiger partial charge in [0.25, 0.3) is 0 Å². The van der Waals surface area contributed by atoms with E-state index in [0.717, 1.165) is 31.5 Å². The summed E-state index contributed by atoms with van der Waals surface area (Å²) in [6.07, 6.45) is 2.17. The van der Waals surface area contributed by atoms with Gasteiger partial charge in [-0.25, -0.2) is 9.79 Å². The SMILES string of the molecule is CCNC(=NCc1ccc(C(=O)OC)cc1)NCC(=O)N1CCCC1.I. The molecule has 1 aromatic rings. The van der Waals surface area contributed by atoms with Gasteiger partial charge >= 0.3 is 5.97 Å². The molecule has 2 N–H and O–H groups in total. The fourth-order valence-corrected chi connectivity index (χ4v) is 2.61. The number of guanidine groups is 1. The third-order valence-corrected chi connectivity index (χ3v) is 4.00. The van der Waals surface area contributed by atoms with Crippen LogP contribution in [0.1, 0.15) is 35.7 Å². The molecule has 0 aromatic heterocycles. The number of rotatable bonds is 6. The highest BCUT2D eigenvalue weighted by Crippen LogP contribution is 2.08. The quantitative estimate of drug-likeness (QED) is 0.284. The largest absolute Gasteiger partial charge is 0.465 e. The molecule has 0 atom stereocenters. The Bertz CT molecular complexity index is 613. The first kappa shape index (κ1) is 22.2. The Kier molecular flexibility index (Phi) is 10.0. The van der Waals surface area contributed by atoms with E-state index in [1.807, 2.05) is 24.0 Å². The maximum absolute atomic E-state index is 12.1. The number of aliphatic imine (C=N–C) groups is 1. The fraction of sp³-hybridized carbons (Fsp3) is 0.500. The summed E-state index contributed by atoms with van der Waals surface area (Å²) in [6.45, 7) is 5.08. The molecule has 0 saturated carbocycles. The molecular weight excluding hydrogens is 447 g/mol. The molecule has 7 nitrogen and oxygen atoms in total. The van der Waals surface area contributed by atoms with Gasteiger partial charge in [0.15, 0.2) is 5.96 Å². The predicted octanol–water partition coefficient (Wildman–Crippen LogP) is 1.77. The molecule has 144 valence electrons. The summed E-state index contributed by atoms with van der Waals surface area (Å²) in [4.78, 5) is 29.9. The number of halogens is 1. The van der Waals surface area contributed by atoms with Crippen molar-refractivity contribution in [3.05, 3.63) is 35.4 Å². The summed E-state index contributed by atoms with van der Waals surface area (Å²) in [5.41, 5.74) is 1.48. The van der Waals surface area contributed by atoms with E-state index in [1.165, 1.54) is 7.11 Å². The monoisotopic (exact) mass is 474 g/mol. The van der Waals surface area contributed by atoms with Crippen LogP contribution in [0.25, 0.3) is 0 Å². The average Bonchev–Trinajstić information content (AvgIpc) is 3.18. The fourth-order valence-electron chi connectivity index (χ4n) is 2.61. The number of methoxy groups -OCH3 is 1. The zero-order valence-electron chi connectivity index (χ0n) is 15.3. The minimum absolute atomic E-state index is 0. The standard InChI is InChI=1S/C18H26N4O3.HI/c1-3-19-18(21-13-16(23)22-10-4-5-11-22)20-12-14-6-8-15(9-7-14)17(24)25-2;/h6-9H,3-5,10-13H2,1-2H3,(H2,19,20,21);1H. The van der Waals surface area contributed by atoms with Crippen LogP contribution < -0.4 is 10.6 Å². The van der Waals surface area contributed by atoms with Gasteiger partial charge < -0.3 is 20.3 Å². The van der Waals surface area contributed by atoms with Crippen LogP contribution in [-0.2, 0) is 16.1 Å². The van der Waals surface area contributed by atoms with Crippen molar-refractivity contribution in [2.24, 2.45) is 4.99 Å². The van der Waals surface area contributed by atoms with Crippen molar-refractivity contribution in [1.29, 1.82) is 0 Å². The van der Waals surface area contributed by atoms with E-state index in [1.54, 1.807) is 12.1 Å². The van der Waals surface area contributed by atoms with Crippen molar-refractivity contribution < 1.29 is 14.3 Å². The second-order valence-corrected chi connectivity index (χ2v) is 5.83. The lowest BCUT2D eigenvalue weighted by atomic mass is 10.1. The summed E-state index contributed by atoms with van der Waals surface area (Å²) in [5, 5.41) is 6.21. The first-order valence-electron chi connectivity index (χ1n) is 8.61. The molecule has 1 aliphatic heterocycles. The summed E-state index contributed by atoms with van der Waals surface area (Å²) in [7, 11) is 1.36. The van der Waals surface area contributed by atoms with Crippen LogP contribution in [0.15, 0.2) is 29.3 Å². The summed E-state index contributed by atoms with van der Waals surface area (Å²) >= 11 is 0. The van der Waals surface area contributed by atoms with Gasteiger partial charge in [-0.2, -0.15) is 0 Å². The lowest BCUT2D eigenvalue weighted by molar-refractivity contribution is -0.128. The van der Waals surface area contributed by atoms with E-state index in [2.05, 4.69) is 20.4 Å². The van der Waals surface area contributed by atoms with Gasteiger partial charge in [0.1, 0.15) is 0 Å². The molecule has 1 amide bonds. The molecule has 0 spiro atoms. The van der Waals surface area contributed by atoms with E-state index in [0.29, 0.717) is 24.6 Å². The summed E-state index contributed by atoms with van der Waals surface area (Å²) in [5.74, 6) is 0.350. The normalized spacial score (nSPS) is 13.8. The van der Waals surface area contributed by atoms with Crippen molar-refractivity contribution in [1.82, 2.24) is 15.5 Å². The first-order valence-corrected chi connectivity index (χ1v) is 8.61. The zero-order valence-corrected chi connectivity index (χ0v) is 17.6. The Balaban J connectivity index is 0.00000338. The number of benzene rings is 1. The molecule has 0 bridgehead atoms. The van der Waals surface area contributed by atoms with Crippen molar-refractivity contribution in [3.8, 4) is 0 Å². The number of amides is 1. The second kappa shape index (κ2) is 11.7. The maximum Gasteiger partial charge on any atom is 0.337 e. The number of nitrogens with one attached hydrogen (secondary N) is 2. The maximum atomic E-state index is 12.1. The molecule has 1 fully saturated rings. The number of esters is 1. The van der Waals surface area contributed by atoms with Crippen molar-refractivity contribution in [3.63, 3.8) is 0 Å². The van der Waals surface area contributed by atoms with Gasteiger partial charge in [0.2, 0.25) is 5.91 Å². The van der Waals surface area contributed by atoms with E-state index in [4.69, 9.17) is 0 Å². The minimum Gasteiger partial charge on any atom is -0.465 e. The van der Waals surface area contributed by atoms with Crippen LogP contribution in [0.4, 0.5) is 0 Å². The minimum atomic E-state index is -0.356. The molecule has 2 rings (SSSR count). The summed E-state index contributed by atoms with van der Waals surface area (Å²) in [6, 6.07) is 7.12. The Morgan fingerprint density at radius 1 is 1.15 bits per heavy atom. The Labute approximate surface area is 171 Å². The van der Waals surface area contributed by atoms with Gasteiger partial charge in [-0.15, -0.1) is 24.0 Å². The van der Waals surface area contributed by atoms with E-state index in [9.17, 15) is 9.59 Å². The number of ether oxygens (including phenoxy) is 1. The number of carbonyl (C=O) groups excluding carboxylic acids is 2. The molecular formula is C18H27IN4O3. The predicted molar refractivity (Wildman–Crippen MR) is 112 cm³/mol. The topological polar surface area (TPSA) is 83.0 Å². The lowest BCUT2D eigenvalue weighted by Gasteiger charge is -2.17. The third kappa shape index (κ3) is 6.81. The van der Waals surface area contributed by atoms with Gasteiger partial charge in [0, 0.05) is 19.6 Å². The highest BCUT2D eigenvalue weighted by Gasteiger charge is 2.17. The van der Waals surface area contributed by atoms with Gasteiger partial charge in [-0.1, -0.05) is 12.1 Å². The van der Waals surface area contributed by atoms with E-state index in [-0.39, 0.29) is 42.4 Å². The van der Waals surface area contributed by atoms with Gasteiger partial charge in [0.05, 0.1) is 25.8 Å². The molecule has 8 heteroatoms. The van der Waals surface area contributed by atoms with Gasteiger partial charge in [-0.3, -0.25) is 4.79 Å². The highest BCUT2D eigenvalue weighted by molar-refractivity contribution is 14.0. The van der Waals surface area contributed by atoms with E-state index >= 15 is 0 Å². The highest BCUT2D eigenvalue weighted by atomic mass is 127. The zero-order chi connectivity index (χ0) is 18.1. The van der Waals surface area contributed by atoms with Gasteiger partial charge in [-0.05, 0) is 37.5 Å². The first-order chi connectivity index (χ1) is 12.1. The lowest BCUT2D eigenvalue weighted by Crippen LogP contribution is -2.44. The molecule has 1 aliphatic rings. The molecule has 0 unspecified atom stereocenters. The molecule has 0 aliphatic carbocycles. The number of hydrogen-bond donors (Lipinski definition) is 2. The Hall–Kier alpha value is -1.84. The summed E-state index contributed by atoms with van der Waals surface area (Å²) < 4.78 is 4.68. The van der Waals surface area contributed by atoms with Crippen LogP contribution in [0.2, 0.25) is 0 Å². The third-order valence-electron chi connectivity index (χ3n) is 4.00. The number of likely N-dealkylation sites (tertiary alicyclic amines) is 1. The van der Waals surface area contributed by atoms with Crippen molar-refractivity contribution >= 4 is 41.8 Å². The van der Waals surface area contributed by atoms with E-state index < -0.39 is 0 Å². The molecule has 1 heterocycles. The number of hydrogen-bond acceptors (Lipinski definition) is 4. The number of nitrogens with zero attached hydrogens (tertiary/aromatic N) is 2. The number of carbonyl (C=O) groups is 2. The van der Waals surface area contributed by atoms with Crippen molar-refractivity contribution in [2.45, 2.75) is 26.3 Å². The van der Waals surface area contributed by atoms with Crippen LogP contribution >= 0.6 is 24.0 Å². The smallest absolute Gasteiger partial charge is 0.337 e. The van der Waals surface area contributed by atoms with Crippen LogP contribution in [0.5, 0.6) is 0 Å². The second-order valence-electron chi connectivity index (χ2n) is 5.83. The Morgan fingerprint density at radius 2 is 1.81 bits per heavy atom. The average molecular weight is 474 g/mol. The molecule has 26 heavy (non-hydrogen) atoms. The van der Waals surface area contributed by atoms with Crippen LogP contribution in [-0.4, -0.2) is 56.0 Å². The molecule has 0 radical (unpaired) electrons. The molecule has 1 aromatic carbocycles.